The van der Waals surface area contributed by atoms with Gasteiger partial charge in [0.25, 0.3) is 0 Å². The van der Waals surface area contributed by atoms with Gasteiger partial charge in [0.2, 0.25) is 0 Å². The fourth-order valence-electron chi connectivity index (χ4n) is 3.47. The zero-order valence-corrected chi connectivity index (χ0v) is 10.2. The quantitative estimate of drug-likeness (QED) is 0.838. The molecule has 0 amide bonds. The highest BCUT2D eigenvalue weighted by Gasteiger charge is 2.39. The number of nitrogens with one attached hydrogen (secondary N) is 1. The molecule has 2 bridgehead atoms. The Balaban J connectivity index is 1.79. The molecule has 2 aliphatic carbocycles. The van der Waals surface area contributed by atoms with Crippen molar-refractivity contribution in [2.24, 2.45) is 11.8 Å². The molecule has 2 heteroatoms. The summed E-state index contributed by atoms with van der Waals surface area (Å²) < 4.78 is 0. The van der Waals surface area contributed by atoms with Crippen LogP contribution in [-0.2, 0) is 0 Å². The molecule has 3 unspecified atom stereocenters. The van der Waals surface area contributed by atoms with Crippen LogP contribution in [0, 0.1) is 30.1 Å². The summed E-state index contributed by atoms with van der Waals surface area (Å²) in [7, 11) is 0. The lowest BCUT2D eigenvalue weighted by Gasteiger charge is -2.25. The molecule has 0 radical (unpaired) electrons. The first-order valence-corrected chi connectivity index (χ1v) is 6.53. The number of fused-ring (bicyclic) bond motifs is 2. The molecule has 3 rings (SSSR count). The van der Waals surface area contributed by atoms with Gasteiger partial charge in [0, 0.05) is 11.7 Å². The molecule has 1 N–H and O–H groups in total. The molecule has 0 saturated heterocycles. The van der Waals surface area contributed by atoms with Gasteiger partial charge in [-0.2, -0.15) is 5.26 Å². The van der Waals surface area contributed by atoms with Gasteiger partial charge in [0.05, 0.1) is 11.6 Å². The molecule has 1 aromatic carbocycles. The number of rotatable bonds is 2. The van der Waals surface area contributed by atoms with Crippen molar-refractivity contribution in [3.8, 4) is 6.07 Å². The summed E-state index contributed by atoms with van der Waals surface area (Å²) in [6, 6.07) is 8.77. The second-order valence-corrected chi connectivity index (χ2v) is 5.57. The lowest BCUT2D eigenvalue weighted by atomic mass is 9.95. The minimum absolute atomic E-state index is 0.640. The van der Waals surface area contributed by atoms with E-state index in [-0.39, 0.29) is 0 Å². The van der Waals surface area contributed by atoms with E-state index in [9.17, 15) is 0 Å². The molecule has 2 aliphatic rings. The Morgan fingerprint density at radius 3 is 2.82 bits per heavy atom. The third-order valence-corrected chi connectivity index (χ3v) is 4.45. The fourth-order valence-corrected chi connectivity index (χ4v) is 3.47. The van der Waals surface area contributed by atoms with E-state index in [1.54, 1.807) is 0 Å². The summed E-state index contributed by atoms with van der Waals surface area (Å²) in [6.07, 6.45) is 5.55. The molecule has 17 heavy (non-hydrogen) atoms. The number of nitrogens with zero attached hydrogens (tertiary/aromatic N) is 1. The average Bonchev–Trinajstić information content (AvgIpc) is 2.94. The topological polar surface area (TPSA) is 35.8 Å². The highest BCUT2D eigenvalue weighted by molar-refractivity contribution is 5.56. The van der Waals surface area contributed by atoms with Crippen molar-refractivity contribution in [2.75, 3.05) is 5.32 Å². The molecule has 0 spiro atoms. The largest absolute Gasteiger partial charge is 0.382 e. The third-order valence-electron chi connectivity index (χ3n) is 4.45. The van der Waals surface area contributed by atoms with Crippen LogP contribution in [0.3, 0.4) is 0 Å². The van der Waals surface area contributed by atoms with Gasteiger partial charge < -0.3 is 5.32 Å². The van der Waals surface area contributed by atoms with Crippen LogP contribution in [0.4, 0.5) is 5.69 Å². The highest BCUT2D eigenvalue weighted by Crippen LogP contribution is 2.45. The van der Waals surface area contributed by atoms with E-state index in [1.807, 2.05) is 18.2 Å². The maximum absolute atomic E-state index is 8.94. The second kappa shape index (κ2) is 4.07. The van der Waals surface area contributed by atoms with E-state index in [4.69, 9.17) is 5.26 Å². The number of aryl methyl sites for hydroxylation is 1. The Labute approximate surface area is 103 Å². The van der Waals surface area contributed by atoms with Crippen LogP contribution in [0.5, 0.6) is 0 Å². The fraction of sp³-hybridized carbons (Fsp3) is 0.533. The molecule has 2 nitrogen and oxygen atoms in total. The monoisotopic (exact) mass is 226 g/mol. The van der Waals surface area contributed by atoms with Gasteiger partial charge in [-0.1, -0.05) is 12.5 Å². The van der Waals surface area contributed by atoms with Crippen molar-refractivity contribution in [1.29, 1.82) is 5.26 Å². The summed E-state index contributed by atoms with van der Waals surface area (Å²) in [4.78, 5) is 0. The Morgan fingerprint density at radius 2 is 2.18 bits per heavy atom. The van der Waals surface area contributed by atoms with Crippen molar-refractivity contribution >= 4 is 5.69 Å². The van der Waals surface area contributed by atoms with Gasteiger partial charge in [0.1, 0.15) is 0 Å². The van der Waals surface area contributed by atoms with E-state index >= 15 is 0 Å². The Kier molecular flexibility index (Phi) is 2.55. The summed E-state index contributed by atoms with van der Waals surface area (Å²) in [6.45, 7) is 2.11. The average molecular weight is 226 g/mol. The number of hydrogen-bond acceptors (Lipinski definition) is 2. The first-order valence-electron chi connectivity index (χ1n) is 6.53. The Morgan fingerprint density at radius 1 is 1.29 bits per heavy atom. The van der Waals surface area contributed by atoms with Crippen LogP contribution in [-0.4, -0.2) is 6.04 Å². The van der Waals surface area contributed by atoms with Gasteiger partial charge in [0.15, 0.2) is 0 Å². The third kappa shape index (κ3) is 1.91. The predicted molar refractivity (Wildman–Crippen MR) is 68.8 cm³/mol. The van der Waals surface area contributed by atoms with E-state index in [0.29, 0.717) is 6.04 Å². The first kappa shape index (κ1) is 10.7. The normalized spacial score (nSPS) is 30.2. The van der Waals surface area contributed by atoms with Gasteiger partial charge in [-0.05, 0) is 55.7 Å². The predicted octanol–water partition coefficient (Wildman–Crippen LogP) is 3.47. The maximum Gasteiger partial charge on any atom is 0.0992 e. The molecule has 0 heterocycles. The maximum atomic E-state index is 8.94. The van der Waals surface area contributed by atoms with Crippen LogP contribution in [0.1, 0.15) is 36.8 Å². The van der Waals surface area contributed by atoms with Gasteiger partial charge in [-0.3, -0.25) is 0 Å². The Hall–Kier alpha value is -1.49. The molecule has 0 aliphatic heterocycles. The molecular weight excluding hydrogens is 208 g/mol. The summed E-state index contributed by atoms with van der Waals surface area (Å²) in [5.41, 5.74) is 3.15. The van der Waals surface area contributed by atoms with Crippen molar-refractivity contribution in [3.63, 3.8) is 0 Å². The number of nitriles is 1. The summed E-state index contributed by atoms with van der Waals surface area (Å²) >= 11 is 0. The van der Waals surface area contributed by atoms with Gasteiger partial charge in [-0.25, -0.2) is 0 Å². The molecule has 88 valence electrons. The smallest absolute Gasteiger partial charge is 0.0992 e. The van der Waals surface area contributed by atoms with E-state index in [2.05, 4.69) is 18.3 Å². The lowest BCUT2D eigenvalue weighted by Crippen LogP contribution is -2.26. The molecule has 1 aromatic rings. The molecular formula is C15H18N2. The number of benzene rings is 1. The molecule has 2 saturated carbocycles. The van der Waals surface area contributed by atoms with Gasteiger partial charge in [-0.15, -0.1) is 0 Å². The van der Waals surface area contributed by atoms with Crippen LogP contribution in [0.25, 0.3) is 0 Å². The van der Waals surface area contributed by atoms with Crippen molar-refractivity contribution in [1.82, 2.24) is 0 Å². The van der Waals surface area contributed by atoms with Crippen molar-refractivity contribution in [2.45, 2.75) is 38.6 Å². The van der Waals surface area contributed by atoms with E-state index in [0.717, 1.165) is 23.1 Å². The zero-order chi connectivity index (χ0) is 11.8. The highest BCUT2D eigenvalue weighted by atomic mass is 14.9. The molecule has 0 aromatic heterocycles. The van der Waals surface area contributed by atoms with Crippen LogP contribution in [0.15, 0.2) is 18.2 Å². The molecule has 3 atom stereocenters. The molecule has 2 fully saturated rings. The SMILES string of the molecule is Cc1ccc(C#N)cc1NC1CC2CCC1C2. The van der Waals surface area contributed by atoms with Crippen molar-refractivity contribution < 1.29 is 0 Å². The minimum Gasteiger partial charge on any atom is -0.382 e. The zero-order valence-electron chi connectivity index (χ0n) is 10.2. The van der Waals surface area contributed by atoms with Crippen LogP contribution in [0.2, 0.25) is 0 Å². The Bertz CT molecular complexity index is 472. The first-order chi connectivity index (χ1) is 8.26. The van der Waals surface area contributed by atoms with E-state index < -0.39 is 0 Å². The summed E-state index contributed by atoms with van der Waals surface area (Å²) in [5, 5.41) is 12.6. The summed E-state index contributed by atoms with van der Waals surface area (Å²) in [5.74, 6) is 1.82. The van der Waals surface area contributed by atoms with Crippen molar-refractivity contribution in [3.05, 3.63) is 29.3 Å². The lowest BCUT2D eigenvalue weighted by molar-refractivity contribution is 0.439. The second-order valence-electron chi connectivity index (χ2n) is 5.57. The van der Waals surface area contributed by atoms with Crippen LogP contribution >= 0.6 is 0 Å². The van der Waals surface area contributed by atoms with E-state index in [1.165, 1.54) is 31.2 Å². The van der Waals surface area contributed by atoms with Crippen LogP contribution < -0.4 is 5.32 Å². The number of hydrogen-bond donors (Lipinski definition) is 1. The minimum atomic E-state index is 0.640. The standard InChI is InChI=1S/C15H18N2/c1-10-2-3-12(9-16)8-14(10)17-15-7-11-4-5-13(15)6-11/h2-3,8,11,13,15,17H,4-7H2,1H3. The van der Waals surface area contributed by atoms with Gasteiger partial charge >= 0.3 is 0 Å². The number of anilines is 1.